The molecular formula is C17H26INO3. The third-order valence-electron chi connectivity index (χ3n) is 3.76. The fourth-order valence-electron chi connectivity index (χ4n) is 2.18. The Kier molecular flexibility index (Phi) is 9.47. The van der Waals surface area contributed by atoms with E-state index in [0.717, 1.165) is 37.2 Å². The van der Waals surface area contributed by atoms with Crippen LogP contribution in [0, 0.1) is 5.92 Å². The monoisotopic (exact) mass is 419 g/mol. The van der Waals surface area contributed by atoms with Crippen LogP contribution in [0.15, 0.2) is 24.3 Å². The zero-order chi connectivity index (χ0) is 16.4. The Morgan fingerprint density at radius 3 is 2.64 bits per heavy atom. The second kappa shape index (κ2) is 10.8. The van der Waals surface area contributed by atoms with Crippen molar-refractivity contribution in [1.29, 1.82) is 0 Å². The smallest absolute Gasteiger partial charge is 0.216 e. The molecule has 0 fully saturated rings. The molecule has 1 aromatic carbocycles. The van der Waals surface area contributed by atoms with E-state index in [1.165, 1.54) is 6.92 Å². The number of carbonyl (C=O) groups is 1. The summed E-state index contributed by atoms with van der Waals surface area (Å²) in [6, 6.07) is 8.02. The zero-order valence-electron chi connectivity index (χ0n) is 13.6. The van der Waals surface area contributed by atoms with Crippen LogP contribution in [0.3, 0.4) is 0 Å². The number of hydrogen-bond donors (Lipinski definition) is 1. The molecule has 0 aliphatic rings. The lowest BCUT2D eigenvalue weighted by atomic mass is 10.0. The predicted octanol–water partition coefficient (Wildman–Crippen LogP) is 4.44. The van der Waals surface area contributed by atoms with Crippen molar-refractivity contribution in [2.75, 3.05) is 13.2 Å². The maximum Gasteiger partial charge on any atom is 0.216 e. The van der Waals surface area contributed by atoms with Crippen molar-refractivity contribution in [3.8, 4) is 5.75 Å². The molecular weight excluding hydrogens is 393 g/mol. The molecule has 5 heteroatoms. The second-order valence-corrected chi connectivity index (χ2v) is 5.92. The maximum atomic E-state index is 10.9. The summed E-state index contributed by atoms with van der Waals surface area (Å²) in [6.45, 7) is 7.25. The number of benzene rings is 1. The Morgan fingerprint density at radius 2 is 2.05 bits per heavy atom. The Hall–Kier alpha value is -0.820. The van der Waals surface area contributed by atoms with Crippen LogP contribution in [0.2, 0.25) is 0 Å². The SMILES string of the molecule is CCC(CC)COc1cccc(C(CCNC(C)=O)OI)c1. The van der Waals surface area contributed by atoms with Gasteiger partial charge in [0, 0.05) is 13.5 Å². The quantitative estimate of drug-likeness (QED) is 0.571. The highest BCUT2D eigenvalue weighted by Gasteiger charge is 2.13. The van der Waals surface area contributed by atoms with E-state index in [-0.39, 0.29) is 12.0 Å². The van der Waals surface area contributed by atoms with Crippen molar-refractivity contribution in [1.82, 2.24) is 5.32 Å². The molecule has 4 nitrogen and oxygen atoms in total. The summed E-state index contributed by atoms with van der Waals surface area (Å²) in [5, 5.41) is 2.80. The Morgan fingerprint density at radius 1 is 1.32 bits per heavy atom. The van der Waals surface area contributed by atoms with E-state index in [1.54, 1.807) is 0 Å². The summed E-state index contributed by atoms with van der Waals surface area (Å²) in [4.78, 5) is 10.9. The number of rotatable bonds is 10. The molecule has 0 saturated carbocycles. The van der Waals surface area contributed by atoms with Crippen molar-refractivity contribution < 1.29 is 12.6 Å². The van der Waals surface area contributed by atoms with Crippen LogP contribution in [0.5, 0.6) is 5.75 Å². The average molecular weight is 419 g/mol. The van der Waals surface area contributed by atoms with E-state index in [4.69, 9.17) is 7.80 Å². The lowest BCUT2D eigenvalue weighted by Crippen LogP contribution is -2.22. The molecule has 1 aromatic rings. The van der Waals surface area contributed by atoms with Gasteiger partial charge in [-0.3, -0.25) is 4.79 Å². The van der Waals surface area contributed by atoms with E-state index < -0.39 is 0 Å². The standard InChI is InChI=1S/C17H26INO3/c1-4-14(5-2)12-21-16-8-6-7-15(11-16)17(22-18)9-10-19-13(3)20/h6-8,11,14,17H,4-5,9-10,12H2,1-3H3,(H,19,20). The van der Waals surface area contributed by atoms with Gasteiger partial charge in [0.25, 0.3) is 0 Å². The number of carbonyl (C=O) groups excluding carboxylic acids is 1. The highest BCUT2D eigenvalue weighted by molar-refractivity contribution is 14.1. The third kappa shape index (κ3) is 6.96. The molecule has 0 aliphatic carbocycles. The number of hydrogen-bond acceptors (Lipinski definition) is 3. The summed E-state index contributed by atoms with van der Waals surface area (Å²) >= 11 is 1.91. The average Bonchev–Trinajstić information content (AvgIpc) is 2.52. The predicted molar refractivity (Wildman–Crippen MR) is 97.2 cm³/mol. The van der Waals surface area contributed by atoms with Gasteiger partial charge in [-0.2, -0.15) is 0 Å². The summed E-state index contributed by atoms with van der Waals surface area (Å²) in [5.74, 6) is 1.46. The first-order valence-electron chi connectivity index (χ1n) is 7.85. The molecule has 22 heavy (non-hydrogen) atoms. The number of nitrogens with one attached hydrogen (secondary N) is 1. The minimum absolute atomic E-state index is 0.0190. The van der Waals surface area contributed by atoms with Crippen LogP contribution in [0.25, 0.3) is 0 Å². The van der Waals surface area contributed by atoms with Crippen LogP contribution in [-0.2, 0) is 7.86 Å². The molecule has 0 bridgehead atoms. The third-order valence-corrected chi connectivity index (χ3v) is 4.37. The first-order chi connectivity index (χ1) is 10.6. The Balaban J connectivity index is 2.61. The first kappa shape index (κ1) is 19.2. The molecule has 0 aromatic heterocycles. The normalized spacial score (nSPS) is 12.2. The molecule has 124 valence electrons. The van der Waals surface area contributed by atoms with Crippen molar-refractivity contribution in [2.45, 2.75) is 46.1 Å². The Bertz CT molecular complexity index is 449. The number of halogens is 1. The minimum Gasteiger partial charge on any atom is -0.493 e. The van der Waals surface area contributed by atoms with Gasteiger partial charge < -0.3 is 13.1 Å². The molecule has 0 radical (unpaired) electrons. The largest absolute Gasteiger partial charge is 0.493 e. The van der Waals surface area contributed by atoms with Crippen molar-refractivity contribution in [2.24, 2.45) is 5.92 Å². The highest BCUT2D eigenvalue weighted by atomic mass is 127. The highest BCUT2D eigenvalue weighted by Crippen LogP contribution is 2.27. The fourth-order valence-corrected chi connectivity index (χ4v) is 2.73. The molecule has 1 N–H and O–H groups in total. The van der Waals surface area contributed by atoms with Crippen molar-refractivity contribution >= 4 is 28.9 Å². The second-order valence-electron chi connectivity index (χ2n) is 5.42. The molecule has 1 rings (SSSR count). The van der Waals surface area contributed by atoms with Gasteiger partial charge in [0.05, 0.1) is 12.7 Å². The molecule has 0 aliphatic heterocycles. The maximum absolute atomic E-state index is 10.9. The van der Waals surface area contributed by atoms with E-state index in [1.807, 2.05) is 47.3 Å². The number of amides is 1. The topological polar surface area (TPSA) is 47.6 Å². The van der Waals surface area contributed by atoms with E-state index in [0.29, 0.717) is 12.5 Å². The zero-order valence-corrected chi connectivity index (χ0v) is 15.8. The molecule has 0 saturated heterocycles. The lowest BCUT2D eigenvalue weighted by molar-refractivity contribution is -0.119. The van der Waals surface area contributed by atoms with Gasteiger partial charge in [-0.05, 0) is 30.0 Å². The van der Waals surface area contributed by atoms with Gasteiger partial charge >= 0.3 is 0 Å². The first-order valence-corrected chi connectivity index (χ1v) is 8.73. The van der Waals surface area contributed by atoms with Gasteiger partial charge in [0.1, 0.15) is 28.8 Å². The van der Waals surface area contributed by atoms with Crippen molar-refractivity contribution in [3.63, 3.8) is 0 Å². The molecule has 1 amide bonds. The summed E-state index contributed by atoms with van der Waals surface area (Å²) in [5.41, 5.74) is 1.07. The molecule has 0 spiro atoms. The summed E-state index contributed by atoms with van der Waals surface area (Å²) < 4.78 is 11.4. The van der Waals surface area contributed by atoms with Crippen LogP contribution in [-0.4, -0.2) is 19.1 Å². The number of ether oxygens (including phenoxy) is 1. The van der Waals surface area contributed by atoms with Gasteiger partial charge in [-0.1, -0.05) is 38.8 Å². The van der Waals surface area contributed by atoms with E-state index in [2.05, 4.69) is 19.2 Å². The Labute approximate surface area is 147 Å². The van der Waals surface area contributed by atoms with Gasteiger partial charge in [-0.15, -0.1) is 0 Å². The van der Waals surface area contributed by atoms with Gasteiger partial charge in [0.2, 0.25) is 5.91 Å². The van der Waals surface area contributed by atoms with E-state index >= 15 is 0 Å². The van der Waals surface area contributed by atoms with E-state index in [9.17, 15) is 4.79 Å². The van der Waals surface area contributed by atoms with Gasteiger partial charge in [-0.25, -0.2) is 0 Å². The van der Waals surface area contributed by atoms with Crippen LogP contribution >= 0.6 is 23.0 Å². The molecule has 0 heterocycles. The lowest BCUT2D eigenvalue weighted by Gasteiger charge is -2.17. The van der Waals surface area contributed by atoms with Crippen LogP contribution in [0.1, 0.15) is 51.7 Å². The van der Waals surface area contributed by atoms with Crippen LogP contribution in [0.4, 0.5) is 0 Å². The van der Waals surface area contributed by atoms with Crippen LogP contribution < -0.4 is 10.1 Å². The minimum atomic E-state index is -0.0517. The molecule has 1 atom stereocenters. The summed E-state index contributed by atoms with van der Waals surface area (Å²) in [6.07, 6.45) is 2.95. The van der Waals surface area contributed by atoms with Crippen molar-refractivity contribution in [3.05, 3.63) is 29.8 Å². The fraction of sp³-hybridized carbons (Fsp3) is 0.588. The molecule has 1 unspecified atom stereocenters. The summed E-state index contributed by atoms with van der Waals surface area (Å²) in [7, 11) is 0. The van der Waals surface area contributed by atoms with Gasteiger partial charge in [0.15, 0.2) is 0 Å².